The summed E-state index contributed by atoms with van der Waals surface area (Å²) in [4.78, 5) is 30.5. The Hall–Kier alpha value is -2.72. The number of aryl methyl sites for hydroxylation is 1. The summed E-state index contributed by atoms with van der Waals surface area (Å²) in [5.41, 5.74) is 2.47. The third kappa shape index (κ3) is 4.86. The van der Waals surface area contributed by atoms with E-state index in [2.05, 4.69) is 20.5 Å². The molecule has 1 aliphatic rings. The van der Waals surface area contributed by atoms with Gasteiger partial charge in [0.05, 0.1) is 18.4 Å². The topological polar surface area (TPSA) is 99.0 Å². The van der Waals surface area contributed by atoms with Gasteiger partial charge in [-0.15, -0.1) is 21.5 Å². The fourth-order valence-electron chi connectivity index (χ4n) is 3.81. The molecule has 10 heteroatoms. The number of carbonyl (C=O) groups excluding carboxylic acids is 2. The second kappa shape index (κ2) is 10.3. The molecule has 0 saturated heterocycles. The van der Waals surface area contributed by atoms with E-state index in [4.69, 9.17) is 4.74 Å². The summed E-state index contributed by atoms with van der Waals surface area (Å²) in [6, 6.07) is 3.73. The van der Waals surface area contributed by atoms with Gasteiger partial charge in [0.2, 0.25) is 5.91 Å². The van der Waals surface area contributed by atoms with Crippen LogP contribution in [0.5, 0.6) is 0 Å². The second-order valence-electron chi connectivity index (χ2n) is 7.55. The molecule has 168 valence electrons. The summed E-state index contributed by atoms with van der Waals surface area (Å²) >= 11 is 2.80. The van der Waals surface area contributed by atoms with E-state index in [9.17, 15) is 9.59 Å². The first-order valence-electron chi connectivity index (χ1n) is 10.5. The van der Waals surface area contributed by atoms with Crippen molar-refractivity contribution >= 4 is 40.0 Å². The highest BCUT2D eigenvalue weighted by atomic mass is 32.2. The highest BCUT2D eigenvalue weighted by Crippen LogP contribution is 2.37. The molecule has 0 unspecified atom stereocenters. The lowest BCUT2D eigenvalue weighted by Gasteiger charge is -2.11. The minimum absolute atomic E-state index is 0.158. The Morgan fingerprint density at radius 3 is 2.66 bits per heavy atom. The van der Waals surface area contributed by atoms with Crippen molar-refractivity contribution in [1.29, 1.82) is 0 Å². The van der Waals surface area contributed by atoms with E-state index in [0.717, 1.165) is 43.2 Å². The van der Waals surface area contributed by atoms with Gasteiger partial charge in [0.1, 0.15) is 5.00 Å². The van der Waals surface area contributed by atoms with Crippen LogP contribution in [0.3, 0.4) is 0 Å². The minimum Gasteiger partial charge on any atom is -0.465 e. The molecule has 0 fully saturated rings. The Bertz CT molecular complexity index is 1110. The minimum atomic E-state index is -0.388. The molecule has 4 rings (SSSR count). The Morgan fingerprint density at radius 2 is 1.91 bits per heavy atom. The quantitative estimate of drug-likeness (QED) is 0.426. The van der Waals surface area contributed by atoms with E-state index >= 15 is 0 Å². The van der Waals surface area contributed by atoms with Crippen LogP contribution in [0.1, 0.15) is 46.5 Å². The number of hydrogen-bond donors (Lipinski definition) is 1. The number of hydrogen-bond acceptors (Lipinski definition) is 8. The lowest BCUT2D eigenvalue weighted by molar-refractivity contribution is -0.113. The highest BCUT2D eigenvalue weighted by molar-refractivity contribution is 7.99. The molecule has 3 aromatic heterocycles. The molecule has 0 aliphatic heterocycles. The van der Waals surface area contributed by atoms with Crippen molar-refractivity contribution < 1.29 is 14.3 Å². The van der Waals surface area contributed by atoms with Crippen LogP contribution in [0.4, 0.5) is 5.00 Å². The lowest BCUT2D eigenvalue weighted by Crippen LogP contribution is -2.16. The predicted octanol–water partition coefficient (Wildman–Crippen LogP) is 4.12. The van der Waals surface area contributed by atoms with E-state index in [-0.39, 0.29) is 17.6 Å². The van der Waals surface area contributed by atoms with E-state index in [1.165, 1.54) is 41.5 Å². The van der Waals surface area contributed by atoms with Crippen molar-refractivity contribution in [1.82, 2.24) is 19.7 Å². The number of rotatable bonds is 6. The van der Waals surface area contributed by atoms with E-state index < -0.39 is 0 Å². The first kappa shape index (κ1) is 22.5. The first-order valence-corrected chi connectivity index (χ1v) is 12.3. The molecule has 3 heterocycles. The molecular formula is C22H25N5O3S2. The van der Waals surface area contributed by atoms with Crippen LogP contribution in [0.25, 0.3) is 11.4 Å². The Kier molecular flexibility index (Phi) is 7.21. The van der Waals surface area contributed by atoms with Crippen LogP contribution >= 0.6 is 23.1 Å². The largest absolute Gasteiger partial charge is 0.465 e. The van der Waals surface area contributed by atoms with Gasteiger partial charge in [0, 0.05) is 29.9 Å². The number of pyridine rings is 1. The van der Waals surface area contributed by atoms with Gasteiger partial charge in [0.25, 0.3) is 0 Å². The number of anilines is 1. The van der Waals surface area contributed by atoms with Crippen molar-refractivity contribution in [2.24, 2.45) is 7.05 Å². The maximum absolute atomic E-state index is 12.7. The van der Waals surface area contributed by atoms with Crippen LogP contribution in [0, 0.1) is 0 Å². The molecule has 0 radical (unpaired) electrons. The average molecular weight is 472 g/mol. The number of nitrogens with one attached hydrogen (secondary N) is 1. The van der Waals surface area contributed by atoms with E-state index in [0.29, 0.717) is 21.5 Å². The summed E-state index contributed by atoms with van der Waals surface area (Å²) in [5, 5.41) is 12.6. The Labute approximate surface area is 194 Å². The van der Waals surface area contributed by atoms with Gasteiger partial charge in [-0.25, -0.2) is 4.79 Å². The van der Waals surface area contributed by atoms with Crippen molar-refractivity contribution in [2.45, 2.75) is 43.7 Å². The molecule has 0 atom stereocenters. The molecule has 1 aliphatic carbocycles. The number of nitrogens with zero attached hydrogens (tertiary/aromatic N) is 4. The number of methoxy groups -OCH3 is 1. The van der Waals surface area contributed by atoms with Gasteiger partial charge >= 0.3 is 5.97 Å². The van der Waals surface area contributed by atoms with Crippen molar-refractivity contribution in [3.63, 3.8) is 0 Å². The van der Waals surface area contributed by atoms with Crippen LogP contribution in [-0.2, 0) is 29.4 Å². The number of thiophene rings is 1. The highest BCUT2D eigenvalue weighted by Gasteiger charge is 2.26. The van der Waals surface area contributed by atoms with Gasteiger partial charge in [-0.2, -0.15) is 0 Å². The Morgan fingerprint density at radius 1 is 1.16 bits per heavy atom. The van der Waals surface area contributed by atoms with E-state index in [1.807, 2.05) is 23.7 Å². The Balaban J connectivity index is 1.47. The SMILES string of the molecule is COC(=O)c1c(NC(=O)CSc2nnc(-c3ccncc3)n2C)sc2c1CCCCCC2. The average Bonchev–Trinajstić information content (AvgIpc) is 3.32. The first-order chi connectivity index (χ1) is 15.6. The molecule has 0 spiro atoms. The molecule has 0 bridgehead atoms. The predicted molar refractivity (Wildman–Crippen MR) is 125 cm³/mol. The van der Waals surface area contributed by atoms with Crippen molar-refractivity contribution in [3.8, 4) is 11.4 Å². The number of ether oxygens (including phenoxy) is 1. The third-order valence-corrected chi connectivity index (χ3v) is 7.65. The summed E-state index contributed by atoms with van der Waals surface area (Å²) in [7, 11) is 3.25. The van der Waals surface area contributed by atoms with E-state index in [1.54, 1.807) is 12.4 Å². The summed E-state index contributed by atoms with van der Waals surface area (Å²) in [6.07, 6.45) is 9.69. The van der Waals surface area contributed by atoms with Crippen LogP contribution < -0.4 is 5.32 Å². The number of aromatic nitrogens is 4. The van der Waals surface area contributed by atoms with Gasteiger partial charge in [-0.1, -0.05) is 24.6 Å². The zero-order valence-electron chi connectivity index (χ0n) is 18.1. The molecule has 3 aromatic rings. The summed E-state index contributed by atoms with van der Waals surface area (Å²) in [6.45, 7) is 0. The fourth-order valence-corrected chi connectivity index (χ4v) is 5.82. The third-order valence-electron chi connectivity index (χ3n) is 5.42. The van der Waals surface area contributed by atoms with Gasteiger partial charge in [0.15, 0.2) is 11.0 Å². The van der Waals surface area contributed by atoms with Crippen LogP contribution in [0.15, 0.2) is 29.7 Å². The molecule has 0 aromatic carbocycles. The molecular weight excluding hydrogens is 446 g/mol. The molecule has 1 N–H and O–H groups in total. The smallest absolute Gasteiger partial charge is 0.341 e. The number of amides is 1. The number of esters is 1. The zero-order valence-corrected chi connectivity index (χ0v) is 19.7. The number of carbonyl (C=O) groups is 2. The van der Waals surface area contributed by atoms with Crippen molar-refractivity contribution in [3.05, 3.63) is 40.5 Å². The van der Waals surface area contributed by atoms with Crippen LogP contribution in [0.2, 0.25) is 0 Å². The van der Waals surface area contributed by atoms with Crippen LogP contribution in [-0.4, -0.2) is 44.5 Å². The molecule has 1 amide bonds. The fraction of sp³-hybridized carbons (Fsp3) is 0.409. The zero-order chi connectivity index (χ0) is 22.5. The number of thioether (sulfide) groups is 1. The standard InChI is InChI=1S/C22H25N5O3S2/c1-27-19(14-9-11-23-12-10-14)25-26-22(27)31-13-17(28)24-20-18(21(29)30-2)15-7-5-3-4-6-8-16(15)32-20/h9-12H,3-8,13H2,1-2H3,(H,24,28). The second-order valence-corrected chi connectivity index (χ2v) is 9.60. The maximum Gasteiger partial charge on any atom is 0.341 e. The van der Waals surface area contributed by atoms with Gasteiger partial charge in [-0.05, 0) is 43.4 Å². The number of fused-ring (bicyclic) bond motifs is 1. The molecule has 0 saturated carbocycles. The lowest BCUT2D eigenvalue weighted by atomic mass is 9.96. The van der Waals surface area contributed by atoms with Crippen molar-refractivity contribution in [2.75, 3.05) is 18.2 Å². The van der Waals surface area contributed by atoms with Gasteiger partial charge in [-0.3, -0.25) is 9.78 Å². The summed E-state index contributed by atoms with van der Waals surface area (Å²) in [5.74, 6) is 0.288. The normalized spacial score (nSPS) is 13.7. The molecule has 8 nitrogen and oxygen atoms in total. The summed E-state index contributed by atoms with van der Waals surface area (Å²) < 4.78 is 6.88. The maximum atomic E-state index is 12.7. The van der Waals surface area contributed by atoms with Gasteiger partial charge < -0.3 is 14.6 Å². The monoisotopic (exact) mass is 471 g/mol. The molecule has 32 heavy (non-hydrogen) atoms.